The van der Waals surface area contributed by atoms with Gasteiger partial charge in [-0.1, -0.05) is 26.2 Å². The molecule has 1 aromatic heterocycles. The van der Waals surface area contributed by atoms with Crippen LogP contribution in [-0.4, -0.2) is 4.98 Å². The van der Waals surface area contributed by atoms with E-state index in [2.05, 4.69) is 18.0 Å². The second-order valence-corrected chi connectivity index (χ2v) is 6.60. The van der Waals surface area contributed by atoms with Crippen LogP contribution in [0.2, 0.25) is 0 Å². The SMILES string of the molecule is CCC1CCCC(C#N)(Cc2cnc(C)s2)C1. The molecular weight excluding hydrogens is 228 g/mol. The van der Waals surface area contributed by atoms with Gasteiger partial charge in [-0.15, -0.1) is 11.3 Å². The second kappa shape index (κ2) is 5.18. The molecule has 92 valence electrons. The average Bonchev–Trinajstić information content (AvgIpc) is 2.75. The van der Waals surface area contributed by atoms with Crippen LogP contribution in [0.25, 0.3) is 0 Å². The van der Waals surface area contributed by atoms with Gasteiger partial charge in [-0.05, 0) is 25.7 Å². The number of hydrogen-bond donors (Lipinski definition) is 0. The first-order valence-electron chi connectivity index (χ1n) is 6.50. The highest BCUT2D eigenvalue weighted by molar-refractivity contribution is 7.11. The van der Waals surface area contributed by atoms with Crippen LogP contribution in [-0.2, 0) is 6.42 Å². The molecule has 0 radical (unpaired) electrons. The van der Waals surface area contributed by atoms with E-state index in [4.69, 9.17) is 0 Å². The quantitative estimate of drug-likeness (QED) is 0.807. The second-order valence-electron chi connectivity index (χ2n) is 5.29. The minimum Gasteiger partial charge on any atom is -0.250 e. The van der Waals surface area contributed by atoms with E-state index in [1.54, 1.807) is 11.3 Å². The van der Waals surface area contributed by atoms with Gasteiger partial charge in [0.15, 0.2) is 0 Å². The fourth-order valence-corrected chi connectivity index (χ4v) is 3.90. The van der Waals surface area contributed by atoms with Gasteiger partial charge in [0.1, 0.15) is 0 Å². The van der Waals surface area contributed by atoms with E-state index in [0.717, 1.165) is 30.2 Å². The summed E-state index contributed by atoms with van der Waals surface area (Å²) in [5.74, 6) is 0.748. The molecule has 0 N–H and O–H groups in total. The highest BCUT2D eigenvalue weighted by Gasteiger charge is 2.36. The summed E-state index contributed by atoms with van der Waals surface area (Å²) < 4.78 is 0. The normalized spacial score (nSPS) is 28.9. The average molecular weight is 248 g/mol. The first-order chi connectivity index (χ1) is 8.17. The topological polar surface area (TPSA) is 36.7 Å². The standard InChI is InChI=1S/C14H20N2S/c1-3-12-5-4-6-14(7-12,10-15)8-13-9-16-11(2)17-13/h9,12H,3-8H2,1-2H3. The van der Waals surface area contributed by atoms with Crippen molar-refractivity contribution < 1.29 is 0 Å². The van der Waals surface area contributed by atoms with E-state index in [9.17, 15) is 5.26 Å². The lowest BCUT2D eigenvalue weighted by molar-refractivity contribution is 0.195. The summed E-state index contributed by atoms with van der Waals surface area (Å²) in [4.78, 5) is 5.57. The minimum absolute atomic E-state index is 0.113. The van der Waals surface area contributed by atoms with Crippen LogP contribution in [0.4, 0.5) is 0 Å². The van der Waals surface area contributed by atoms with Gasteiger partial charge in [0, 0.05) is 17.5 Å². The van der Waals surface area contributed by atoms with E-state index in [1.165, 1.54) is 24.1 Å². The molecule has 1 aliphatic carbocycles. The van der Waals surface area contributed by atoms with E-state index in [1.807, 2.05) is 13.1 Å². The number of hydrogen-bond acceptors (Lipinski definition) is 3. The molecule has 0 saturated heterocycles. The van der Waals surface area contributed by atoms with Gasteiger partial charge < -0.3 is 0 Å². The Morgan fingerprint density at radius 2 is 2.47 bits per heavy atom. The Morgan fingerprint density at radius 3 is 3.06 bits per heavy atom. The van der Waals surface area contributed by atoms with Gasteiger partial charge in [-0.2, -0.15) is 5.26 Å². The Balaban J connectivity index is 2.12. The van der Waals surface area contributed by atoms with Crippen LogP contribution in [0, 0.1) is 29.6 Å². The summed E-state index contributed by atoms with van der Waals surface area (Å²) >= 11 is 1.74. The fourth-order valence-electron chi connectivity index (χ4n) is 2.96. The van der Waals surface area contributed by atoms with Crippen LogP contribution in [0.1, 0.15) is 48.9 Å². The molecule has 2 unspecified atom stereocenters. The molecule has 1 aliphatic rings. The highest BCUT2D eigenvalue weighted by atomic mass is 32.1. The van der Waals surface area contributed by atoms with Crippen molar-refractivity contribution in [2.24, 2.45) is 11.3 Å². The van der Waals surface area contributed by atoms with Crippen molar-refractivity contribution in [1.82, 2.24) is 4.98 Å². The van der Waals surface area contributed by atoms with Gasteiger partial charge in [0.05, 0.1) is 16.5 Å². The van der Waals surface area contributed by atoms with Gasteiger partial charge in [-0.25, -0.2) is 4.98 Å². The zero-order valence-electron chi connectivity index (χ0n) is 10.7. The molecule has 0 bridgehead atoms. The molecule has 1 heterocycles. The molecule has 1 aromatic rings. The smallest absolute Gasteiger partial charge is 0.0896 e. The van der Waals surface area contributed by atoms with E-state index in [-0.39, 0.29) is 5.41 Å². The highest BCUT2D eigenvalue weighted by Crippen LogP contribution is 2.43. The summed E-state index contributed by atoms with van der Waals surface area (Å²) in [7, 11) is 0. The lowest BCUT2D eigenvalue weighted by Crippen LogP contribution is -2.29. The monoisotopic (exact) mass is 248 g/mol. The third-order valence-corrected chi connectivity index (χ3v) is 4.86. The van der Waals surface area contributed by atoms with E-state index < -0.39 is 0 Å². The minimum atomic E-state index is -0.113. The number of nitrogens with zero attached hydrogens (tertiary/aromatic N) is 2. The third-order valence-electron chi connectivity index (χ3n) is 3.94. The molecule has 2 atom stereocenters. The van der Waals surface area contributed by atoms with Crippen molar-refractivity contribution >= 4 is 11.3 Å². The third kappa shape index (κ3) is 2.87. The van der Waals surface area contributed by atoms with E-state index >= 15 is 0 Å². The Hall–Kier alpha value is -0.880. The number of rotatable bonds is 3. The van der Waals surface area contributed by atoms with Crippen LogP contribution < -0.4 is 0 Å². The summed E-state index contributed by atoms with van der Waals surface area (Å²) in [5, 5.41) is 10.7. The fraction of sp³-hybridized carbons (Fsp3) is 0.714. The lowest BCUT2D eigenvalue weighted by Gasteiger charge is -2.35. The van der Waals surface area contributed by atoms with Gasteiger partial charge >= 0.3 is 0 Å². The maximum atomic E-state index is 9.56. The summed E-state index contributed by atoms with van der Waals surface area (Å²) in [5.41, 5.74) is -0.113. The molecule has 0 aromatic carbocycles. The molecule has 2 nitrogen and oxygen atoms in total. The van der Waals surface area contributed by atoms with Crippen LogP contribution in [0.5, 0.6) is 0 Å². The van der Waals surface area contributed by atoms with Crippen LogP contribution in [0.15, 0.2) is 6.20 Å². The van der Waals surface area contributed by atoms with Crippen molar-refractivity contribution in [2.75, 3.05) is 0 Å². The molecule has 0 amide bonds. The summed E-state index contributed by atoms with van der Waals surface area (Å²) in [6, 6.07) is 2.62. The molecule has 3 heteroatoms. The summed E-state index contributed by atoms with van der Waals surface area (Å²) in [6.45, 7) is 4.28. The number of nitriles is 1. The van der Waals surface area contributed by atoms with Gasteiger partial charge in [-0.3, -0.25) is 0 Å². The molecule has 17 heavy (non-hydrogen) atoms. The van der Waals surface area contributed by atoms with Crippen LogP contribution >= 0.6 is 11.3 Å². The van der Waals surface area contributed by atoms with Crippen molar-refractivity contribution in [3.8, 4) is 6.07 Å². The number of aryl methyl sites for hydroxylation is 1. The number of aromatic nitrogens is 1. The van der Waals surface area contributed by atoms with E-state index in [0.29, 0.717) is 0 Å². The molecule has 0 spiro atoms. The first-order valence-corrected chi connectivity index (χ1v) is 7.31. The first kappa shape index (κ1) is 12.6. The van der Waals surface area contributed by atoms with Crippen molar-refractivity contribution in [1.29, 1.82) is 5.26 Å². The predicted molar refractivity (Wildman–Crippen MR) is 70.9 cm³/mol. The van der Waals surface area contributed by atoms with Crippen molar-refractivity contribution in [3.63, 3.8) is 0 Å². The Morgan fingerprint density at radius 1 is 1.65 bits per heavy atom. The molecular formula is C14H20N2S. The zero-order chi connectivity index (χ0) is 12.3. The zero-order valence-corrected chi connectivity index (χ0v) is 11.5. The Bertz CT molecular complexity index is 418. The Kier molecular flexibility index (Phi) is 3.83. The maximum absolute atomic E-state index is 9.56. The van der Waals surface area contributed by atoms with Crippen molar-refractivity contribution in [2.45, 2.75) is 52.4 Å². The number of thiazole rings is 1. The Labute approximate surface area is 108 Å². The largest absolute Gasteiger partial charge is 0.250 e. The van der Waals surface area contributed by atoms with Crippen molar-refractivity contribution in [3.05, 3.63) is 16.1 Å². The predicted octanol–water partition coefficient (Wildman–Crippen LogP) is 4.10. The molecule has 1 saturated carbocycles. The van der Waals surface area contributed by atoms with Gasteiger partial charge in [0.25, 0.3) is 0 Å². The maximum Gasteiger partial charge on any atom is 0.0896 e. The van der Waals surface area contributed by atoms with Gasteiger partial charge in [0.2, 0.25) is 0 Å². The summed E-state index contributed by atoms with van der Waals surface area (Å²) in [6.07, 6.45) is 8.74. The lowest BCUT2D eigenvalue weighted by atomic mass is 9.68. The molecule has 0 aliphatic heterocycles. The molecule has 1 fully saturated rings. The van der Waals surface area contributed by atoms with Crippen LogP contribution in [0.3, 0.4) is 0 Å². The molecule has 2 rings (SSSR count).